The lowest BCUT2D eigenvalue weighted by Gasteiger charge is -2.10. The first kappa shape index (κ1) is 14.3. The average Bonchev–Trinajstić information content (AvgIpc) is 3.03. The van der Waals surface area contributed by atoms with Gasteiger partial charge in [0.25, 0.3) is 0 Å². The molecule has 4 heteroatoms. The van der Waals surface area contributed by atoms with Gasteiger partial charge in [-0.2, -0.15) is 0 Å². The maximum Gasteiger partial charge on any atom is 0.240 e. The van der Waals surface area contributed by atoms with Crippen molar-refractivity contribution < 1.29 is 18.9 Å². The Morgan fingerprint density at radius 2 is 1.59 bits per heavy atom. The molecular weight excluding hydrogens is 280 g/mol. The van der Waals surface area contributed by atoms with E-state index in [9.17, 15) is 0 Å². The quantitative estimate of drug-likeness (QED) is 0.788. The largest absolute Gasteiger partial charge is 0.486 e. The number of para-hydroxylation sites is 1. The molecular formula is C18H18O4. The van der Waals surface area contributed by atoms with E-state index in [1.165, 1.54) is 0 Å². The zero-order chi connectivity index (χ0) is 15.2. The molecule has 0 aliphatic carbocycles. The first-order valence-electron chi connectivity index (χ1n) is 7.30. The molecule has 0 saturated heterocycles. The number of rotatable bonds is 6. The van der Waals surface area contributed by atoms with Gasteiger partial charge in [0.1, 0.15) is 30.1 Å². The topological polar surface area (TPSA) is 36.9 Å². The normalized spacial score (nSPS) is 16.4. The third kappa shape index (κ3) is 3.73. The highest BCUT2D eigenvalue weighted by atomic mass is 16.7. The van der Waals surface area contributed by atoms with Gasteiger partial charge in [-0.1, -0.05) is 25.1 Å². The molecule has 1 atom stereocenters. The van der Waals surface area contributed by atoms with Crippen LogP contribution in [0.25, 0.3) is 0 Å². The molecule has 1 heterocycles. The fourth-order valence-corrected chi connectivity index (χ4v) is 2.01. The van der Waals surface area contributed by atoms with E-state index < -0.39 is 0 Å². The number of ether oxygens (including phenoxy) is 4. The number of hydrogen-bond donors (Lipinski definition) is 0. The summed E-state index contributed by atoms with van der Waals surface area (Å²) < 4.78 is 22.2. The minimum absolute atomic E-state index is 0.180. The molecule has 1 aliphatic rings. The van der Waals surface area contributed by atoms with E-state index in [4.69, 9.17) is 18.9 Å². The molecule has 0 saturated carbocycles. The van der Waals surface area contributed by atoms with Crippen LogP contribution in [0.15, 0.2) is 66.6 Å². The molecule has 1 unspecified atom stereocenters. The standard InChI is InChI=1S/C18H18O4/c1-2-18-20-13-17(22-18)12-19-14-8-10-16(11-9-14)21-15-6-4-3-5-7-15/h3-11,13,18H,2,12H2,1H3. The van der Waals surface area contributed by atoms with Gasteiger partial charge in [-0.15, -0.1) is 0 Å². The first-order chi connectivity index (χ1) is 10.8. The number of benzene rings is 2. The summed E-state index contributed by atoms with van der Waals surface area (Å²) in [5, 5.41) is 0. The van der Waals surface area contributed by atoms with E-state index in [0.717, 1.165) is 23.7 Å². The van der Waals surface area contributed by atoms with Crippen LogP contribution in [-0.2, 0) is 9.47 Å². The summed E-state index contributed by atoms with van der Waals surface area (Å²) in [4.78, 5) is 0. The molecule has 114 valence electrons. The molecule has 0 spiro atoms. The fourth-order valence-electron chi connectivity index (χ4n) is 2.01. The Bertz CT molecular complexity index is 619. The Balaban J connectivity index is 1.51. The van der Waals surface area contributed by atoms with E-state index in [0.29, 0.717) is 12.4 Å². The molecule has 0 radical (unpaired) electrons. The Morgan fingerprint density at radius 3 is 2.27 bits per heavy atom. The summed E-state index contributed by atoms with van der Waals surface area (Å²) in [6, 6.07) is 17.1. The summed E-state index contributed by atoms with van der Waals surface area (Å²) in [7, 11) is 0. The van der Waals surface area contributed by atoms with Gasteiger partial charge >= 0.3 is 0 Å². The summed E-state index contributed by atoms with van der Waals surface area (Å²) in [6.07, 6.45) is 2.24. The predicted molar refractivity (Wildman–Crippen MR) is 82.8 cm³/mol. The fraction of sp³-hybridized carbons (Fsp3) is 0.222. The van der Waals surface area contributed by atoms with E-state index in [-0.39, 0.29) is 6.29 Å². The van der Waals surface area contributed by atoms with Gasteiger partial charge in [0, 0.05) is 6.42 Å². The van der Waals surface area contributed by atoms with Crippen LogP contribution in [0.4, 0.5) is 0 Å². The van der Waals surface area contributed by atoms with E-state index >= 15 is 0 Å². The highest BCUT2D eigenvalue weighted by molar-refractivity contribution is 5.35. The molecule has 4 nitrogen and oxygen atoms in total. The smallest absolute Gasteiger partial charge is 0.240 e. The lowest BCUT2D eigenvalue weighted by Crippen LogP contribution is -2.09. The lowest BCUT2D eigenvalue weighted by molar-refractivity contribution is -0.0375. The molecule has 22 heavy (non-hydrogen) atoms. The molecule has 1 aliphatic heterocycles. The number of hydrogen-bond acceptors (Lipinski definition) is 4. The molecule has 2 aromatic rings. The van der Waals surface area contributed by atoms with Crippen molar-refractivity contribution in [2.24, 2.45) is 0 Å². The van der Waals surface area contributed by atoms with Crippen LogP contribution in [-0.4, -0.2) is 12.9 Å². The lowest BCUT2D eigenvalue weighted by atomic mass is 10.3. The highest BCUT2D eigenvalue weighted by Crippen LogP contribution is 2.24. The van der Waals surface area contributed by atoms with E-state index in [2.05, 4.69) is 0 Å². The second kappa shape index (κ2) is 6.89. The summed E-state index contributed by atoms with van der Waals surface area (Å²) in [5.74, 6) is 3.04. The SMILES string of the molecule is CCC1OC=C(COc2ccc(Oc3ccccc3)cc2)O1. The first-order valence-corrected chi connectivity index (χ1v) is 7.30. The van der Waals surface area contributed by atoms with E-state index in [1.54, 1.807) is 6.26 Å². The van der Waals surface area contributed by atoms with Crippen molar-refractivity contribution in [2.75, 3.05) is 6.61 Å². The molecule has 0 amide bonds. The Kier molecular flexibility index (Phi) is 4.49. The van der Waals surface area contributed by atoms with Gasteiger partial charge in [0.2, 0.25) is 6.29 Å². The predicted octanol–water partition coefficient (Wildman–Crippen LogP) is 4.48. The second-order valence-electron chi connectivity index (χ2n) is 4.85. The van der Waals surface area contributed by atoms with Gasteiger partial charge in [-0.25, -0.2) is 0 Å². The Hall–Kier alpha value is -2.62. The van der Waals surface area contributed by atoms with Crippen LogP contribution in [0.5, 0.6) is 17.2 Å². The van der Waals surface area contributed by atoms with E-state index in [1.807, 2.05) is 61.5 Å². The van der Waals surface area contributed by atoms with Crippen molar-refractivity contribution in [1.29, 1.82) is 0 Å². The van der Waals surface area contributed by atoms with Crippen molar-refractivity contribution in [3.63, 3.8) is 0 Å². The minimum Gasteiger partial charge on any atom is -0.486 e. The van der Waals surface area contributed by atoms with Crippen LogP contribution >= 0.6 is 0 Å². The highest BCUT2D eigenvalue weighted by Gasteiger charge is 2.17. The summed E-state index contributed by atoms with van der Waals surface area (Å²) in [5.41, 5.74) is 0. The van der Waals surface area contributed by atoms with Gasteiger partial charge < -0.3 is 18.9 Å². The van der Waals surface area contributed by atoms with Crippen LogP contribution in [0.1, 0.15) is 13.3 Å². The van der Waals surface area contributed by atoms with Gasteiger partial charge in [0.05, 0.1) is 0 Å². The molecule has 3 rings (SSSR count). The summed E-state index contributed by atoms with van der Waals surface area (Å²) >= 11 is 0. The van der Waals surface area contributed by atoms with Crippen LogP contribution in [0.3, 0.4) is 0 Å². The van der Waals surface area contributed by atoms with Gasteiger partial charge in [-0.05, 0) is 36.4 Å². The second-order valence-corrected chi connectivity index (χ2v) is 4.85. The van der Waals surface area contributed by atoms with Crippen LogP contribution in [0, 0.1) is 0 Å². The van der Waals surface area contributed by atoms with Crippen molar-refractivity contribution in [3.05, 3.63) is 66.6 Å². The third-order valence-electron chi connectivity index (χ3n) is 3.15. The van der Waals surface area contributed by atoms with Gasteiger partial charge in [-0.3, -0.25) is 0 Å². The van der Waals surface area contributed by atoms with Crippen molar-refractivity contribution >= 4 is 0 Å². The minimum atomic E-state index is -0.180. The zero-order valence-corrected chi connectivity index (χ0v) is 12.4. The Morgan fingerprint density at radius 1 is 0.909 bits per heavy atom. The molecule has 0 fully saturated rings. The molecule has 0 bridgehead atoms. The maximum atomic E-state index is 5.73. The molecule has 0 aromatic heterocycles. The van der Waals surface area contributed by atoms with Crippen molar-refractivity contribution in [1.82, 2.24) is 0 Å². The van der Waals surface area contributed by atoms with Crippen molar-refractivity contribution in [2.45, 2.75) is 19.6 Å². The third-order valence-corrected chi connectivity index (χ3v) is 3.15. The van der Waals surface area contributed by atoms with Crippen LogP contribution < -0.4 is 9.47 Å². The monoisotopic (exact) mass is 298 g/mol. The maximum absolute atomic E-state index is 5.73. The molecule has 2 aromatic carbocycles. The van der Waals surface area contributed by atoms with Crippen molar-refractivity contribution in [3.8, 4) is 17.2 Å². The zero-order valence-electron chi connectivity index (χ0n) is 12.4. The van der Waals surface area contributed by atoms with Crippen LogP contribution in [0.2, 0.25) is 0 Å². The van der Waals surface area contributed by atoms with Gasteiger partial charge in [0.15, 0.2) is 5.76 Å². The average molecular weight is 298 g/mol. The Labute approximate surface area is 129 Å². The molecule has 0 N–H and O–H groups in total. The summed E-state index contributed by atoms with van der Waals surface area (Å²) in [6.45, 7) is 2.36.